The number of benzene rings is 4. The van der Waals surface area contributed by atoms with Crippen LogP contribution in [-0.4, -0.2) is 136 Å². The third kappa shape index (κ3) is 10.5. The Morgan fingerprint density at radius 1 is 0.229 bits per heavy atom. The van der Waals surface area contributed by atoms with Gasteiger partial charge in [-0.3, -0.25) is 0 Å². The van der Waals surface area contributed by atoms with E-state index in [2.05, 4.69) is 48.9 Å². The highest BCUT2D eigenvalue weighted by Gasteiger charge is 2.90. The lowest BCUT2D eigenvalue weighted by Gasteiger charge is -2.38. The summed E-state index contributed by atoms with van der Waals surface area (Å²) in [6.45, 7) is 0. The van der Waals surface area contributed by atoms with Crippen LogP contribution in [0.3, 0.4) is 0 Å². The number of halogens is 36. The maximum absolute atomic E-state index is 14.5. The van der Waals surface area contributed by atoms with Crippen LogP contribution in [0.25, 0.3) is 89.7 Å². The van der Waals surface area contributed by atoms with Gasteiger partial charge in [-0.1, -0.05) is 48.5 Å². The fourth-order valence-electron chi connectivity index (χ4n) is 9.48. The van der Waals surface area contributed by atoms with Crippen LogP contribution in [0.2, 0.25) is 0 Å². The van der Waals surface area contributed by atoms with E-state index in [-0.39, 0.29) is 72.8 Å². The van der Waals surface area contributed by atoms with Crippen LogP contribution in [0.5, 0.6) is 23.0 Å². The molecular formula is C48H14F36N8O4. The van der Waals surface area contributed by atoms with Crippen LogP contribution in [-0.2, 0) is 0 Å². The van der Waals surface area contributed by atoms with Gasteiger partial charge in [-0.15, -0.1) is 0 Å². The summed E-state index contributed by atoms with van der Waals surface area (Å²) in [6, 6.07) is 0.387. The summed E-state index contributed by atoms with van der Waals surface area (Å²) in [5.41, 5.74) is -43.8. The fourth-order valence-corrected chi connectivity index (χ4v) is 9.48. The highest BCUT2D eigenvalue weighted by atomic mass is 19.5. The molecule has 0 spiro atoms. The smallest absolute Gasteiger partial charge is 0.447 e. The number of ether oxygens (including phenoxy) is 4. The van der Waals surface area contributed by atoms with E-state index in [0.717, 1.165) is 0 Å². The molecule has 0 amide bonds. The number of H-pyrrole nitrogens is 2. The van der Waals surface area contributed by atoms with E-state index in [0.29, 0.717) is 0 Å². The first kappa shape index (κ1) is 71.2. The third-order valence-electron chi connectivity index (χ3n) is 13.6. The molecule has 7 aromatic rings. The molecule has 0 saturated carbocycles. The van der Waals surface area contributed by atoms with Crippen molar-refractivity contribution in [1.82, 2.24) is 39.9 Å². The van der Waals surface area contributed by atoms with E-state index in [1.165, 1.54) is 0 Å². The molecule has 0 atom stereocenters. The predicted molar refractivity (Wildman–Crippen MR) is 242 cm³/mol. The predicted octanol–water partition coefficient (Wildman–Crippen LogP) is 18.1. The zero-order valence-electron chi connectivity index (χ0n) is 43.9. The molecule has 0 unspecified atom stereocenters. The molecule has 3 aromatic heterocycles. The van der Waals surface area contributed by atoms with Gasteiger partial charge in [-0.25, -0.2) is 29.9 Å². The molecule has 2 aliphatic rings. The zero-order valence-corrected chi connectivity index (χ0v) is 43.9. The van der Waals surface area contributed by atoms with Gasteiger partial charge < -0.3 is 28.9 Å². The summed E-state index contributed by atoms with van der Waals surface area (Å²) in [5.74, 6) is -17.2. The Morgan fingerprint density at radius 3 is 0.677 bits per heavy atom. The van der Waals surface area contributed by atoms with Crippen LogP contribution in [0.4, 0.5) is 158 Å². The van der Waals surface area contributed by atoms with Crippen LogP contribution in [0.15, 0.2) is 72.8 Å². The number of fused-ring (bicyclic) bond motifs is 20. The Hall–Kier alpha value is -9.08. The number of alkyl halides is 36. The van der Waals surface area contributed by atoms with Crippen molar-refractivity contribution in [3.8, 4) is 68.5 Å². The van der Waals surface area contributed by atoms with E-state index in [1.54, 1.807) is 9.97 Å². The molecule has 5 heterocycles. The van der Waals surface area contributed by atoms with Gasteiger partial charge in [0.25, 0.3) is 0 Å². The summed E-state index contributed by atoms with van der Waals surface area (Å²) in [7, 11) is 0. The summed E-state index contributed by atoms with van der Waals surface area (Å²) < 4.78 is 538. The second-order valence-electron chi connectivity index (χ2n) is 19.4. The third-order valence-corrected chi connectivity index (χ3v) is 13.6. The van der Waals surface area contributed by atoms with Crippen LogP contribution >= 0.6 is 0 Å². The number of nitrogens with one attached hydrogen (secondary N) is 2. The van der Waals surface area contributed by atoms with Crippen molar-refractivity contribution in [3.63, 3.8) is 0 Å². The van der Waals surface area contributed by atoms with E-state index in [4.69, 9.17) is 0 Å². The minimum absolute atomic E-state index is 0.0953. The molecule has 96 heavy (non-hydrogen) atoms. The lowest BCUT2D eigenvalue weighted by atomic mass is 10.0. The lowest BCUT2D eigenvalue weighted by Crippen LogP contribution is -2.69. The molecule has 2 aliphatic heterocycles. The van der Waals surface area contributed by atoms with Crippen molar-refractivity contribution in [2.45, 2.75) is 96.5 Å². The topological polar surface area (TPSA) is 146 Å². The van der Waals surface area contributed by atoms with Crippen molar-refractivity contribution in [3.05, 3.63) is 72.8 Å². The van der Waals surface area contributed by atoms with Crippen molar-refractivity contribution < 1.29 is 177 Å². The Bertz CT molecular complexity index is 3980. The first-order chi connectivity index (χ1) is 43.2. The van der Waals surface area contributed by atoms with E-state index in [9.17, 15) is 158 Å². The minimum atomic E-state index is -7.74. The van der Waals surface area contributed by atoms with Gasteiger partial charge in [0.1, 0.15) is 45.6 Å². The van der Waals surface area contributed by atoms with E-state index >= 15 is 0 Å². The van der Waals surface area contributed by atoms with Gasteiger partial charge in [0.2, 0.25) is 0 Å². The molecule has 48 heteroatoms. The molecule has 0 saturated heterocycles. The molecule has 0 aliphatic carbocycles. The average molecular weight is 1450 g/mol. The number of rotatable bonds is 8. The van der Waals surface area contributed by atoms with Crippen molar-refractivity contribution >= 4 is 44.1 Å². The maximum Gasteiger partial charge on any atom is 0.447 e. The average Bonchev–Trinajstić information content (AvgIpc) is 0.911. The van der Waals surface area contributed by atoms with Gasteiger partial charge in [0.15, 0.2) is 23.3 Å². The molecule has 4 aromatic carbocycles. The van der Waals surface area contributed by atoms with Gasteiger partial charge in [-0.05, 0) is 24.3 Å². The molecule has 2 N–H and O–H groups in total. The fraction of sp³-hybridized carbons (Fsp3) is 0.333. The van der Waals surface area contributed by atoms with Gasteiger partial charge in [0, 0.05) is 21.9 Å². The van der Waals surface area contributed by atoms with Crippen LogP contribution < -0.4 is 18.9 Å². The number of aromatic amines is 2. The number of aromatic nitrogens is 8. The van der Waals surface area contributed by atoms with Crippen molar-refractivity contribution in [1.29, 1.82) is 0 Å². The Morgan fingerprint density at radius 2 is 0.438 bits per heavy atom. The quantitative estimate of drug-likeness (QED) is 0.141. The monoisotopic (exact) mass is 1450 g/mol. The zero-order chi connectivity index (χ0) is 72.5. The number of nitrogens with zero attached hydrogens (tertiary/aromatic N) is 6. The first-order valence-corrected chi connectivity index (χ1v) is 24.1. The number of hydrogen-bond donors (Lipinski definition) is 2. The normalized spacial score (nSPS) is 14.9. The molecular weight excluding hydrogens is 1440 g/mol. The summed E-state index contributed by atoms with van der Waals surface area (Å²) >= 11 is 0. The largest absolute Gasteiger partial charge is 0.461 e. The number of hydrogen-bond acceptors (Lipinski definition) is 10. The van der Waals surface area contributed by atoms with Gasteiger partial charge in [0.05, 0.1) is 21.9 Å². The lowest BCUT2D eigenvalue weighted by molar-refractivity contribution is -0.437. The first-order valence-electron chi connectivity index (χ1n) is 24.1. The Balaban J connectivity index is 1.56. The minimum Gasteiger partial charge on any atom is -0.461 e. The van der Waals surface area contributed by atoms with E-state index < -0.39 is 209 Å². The second kappa shape index (κ2) is 21.2. The molecule has 9 rings (SSSR count). The molecule has 12 nitrogen and oxygen atoms in total. The summed E-state index contributed by atoms with van der Waals surface area (Å²) in [4.78, 5) is 24.7. The Kier molecular flexibility index (Phi) is 15.7. The molecule has 8 bridgehead atoms. The van der Waals surface area contributed by atoms with Gasteiger partial charge in [-0.2, -0.15) is 158 Å². The SMILES string of the molecule is FC(F)(F)C(Oc1cccc2c1-c1nc-2nc2[nH]c(nc3nc(nc4[nH]c(n1)c1cccc(OC(C(F)(F)F)(C(F)(F)F)C(F)(F)F)c41)-c1cccc(OC(C(F)(F)F)(C(F)(F)F)C(F)(F)F)c1-3)c1cccc(OC(C(F)(F)F)(C(F)(F)F)C(F)(F)F)c21)(C(F)(F)F)C(F)(F)F. The van der Waals surface area contributed by atoms with Gasteiger partial charge >= 0.3 is 96.5 Å². The summed E-state index contributed by atoms with van der Waals surface area (Å²) in [6.07, 6.45) is -92.9. The van der Waals surface area contributed by atoms with Crippen molar-refractivity contribution in [2.75, 3.05) is 0 Å². The maximum atomic E-state index is 14.5. The molecule has 522 valence electrons. The summed E-state index contributed by atoms with van der Waals surface area (Å²) in [5, 5.41) is -6.76. The Labute approximate surface area is 498 Å². The highest BCUT2D eigenvalue weighted by Crippen LogP contribution is 2.61. The molecule has 0 fully saturated rings. The van der Waals surface area contributed by atoms with Crippen LogP contribution in [0, 0.1) is 0 Å². The van der Waals surface area contributed by atoms with Crippen molar-refractivity contribution in [2.24, 2.45) is 0 Å². The van der Waals surface area contributed by atoms with Crippen LogP contribution in [0.1, 0.15) is 0 Å². The standard InChI is InChI=1S/C48H14F36N8O4/c49-37(50,51)33(38(52,53)54,39(55,56)57)93-17-9-1-5-13-21(17)29-85-25(13)89-30-22-14(6-2-10-18(22)94-34(40(58,59)60,41(61,62)63)42(64,65)66)27(86-30)91-32-24-16(8-4-12-20(24)96-36(46(76,77)78,47(79,80)81)48(82,83)84)28(88-32)92-31-23-15(26(87-31)90-29)7-3-11-19(23)95-35(43(67,68)69,44(70,71)72)45(73,74)75/h1-12H,(H2,85,86,87,88,89,90,91,92). The molecule has 0 radical (unpaired) electrons. The second-order valence-corrected chi connectivity index (χ2v) is 19.4. The highest BCUT2D eigenvalue weighted by molar-refractivity contribution is 6.10. The van der Waals surface area contributed by atoms with E-state index in [1.807, 2.05) is 0 Å².